The zero-order valence-electron chi connectivity index (χ0n) is 18.3. The standard InChI is InChI=1S/C26H28N2O4/c1-3-8-20-9-4-6-11-23(20)31-19-21-13-14-25(32-21)26(29)28-17-15-27(16-18-28)22-10-5-7-12-24(22)30-2/h3-7,9-14H,1,8,15-19H2,2H3. The molecule has 1 aliphatic heterocycles. The third kappa shape index (κ3) is 4.80. The van der Waals surface area contributed by atoms with Gasteiger partial charge in [-0.1, -0.05) is 36.4 Å². The molecule has 4 rings (SSSR count). The number of furan rings is 1. The molecule has 2 aromatic carbocycles. The molecule has 0 radical (unpaired) electrons. The highest BCUT2D eigenvalue weighted by Gasteiger charge is 2.25. The van der Waals surface area contributed by atoms with Gasteiger partial charge >= 0.3 is 0 Å². The van der Waals surface area contributed by atoms with Crippen LogP contribution in [-0.2, 0) is 13.0 Å². The van der Waals surface area contributed by atoms with Gasteiger partial charge in [-0.05, 0) is 42.3 Å². The topological polar surface area (TPSA) is 55.2 Å². The Morgan fingerprint density at radius 1 is 1.00 bits per heavy atom. The molecule has 0 atom stereocenters. The van der Waals surface area contributed by atoms with Gasteiger partial charge in [0, 0.05) is 26.2 Å². The molecular weight excluding hydrogens is 404 g/mol. The lowest BCUT2D eigenvalue weighted by atomic mass is 10.1. The lowest BCUT2D eigenvalue weighted by molar-refractivity contribution is 0.0710. The van der Waals surface area contributed by atoms with E-state index in [2.05, 4.69) is 11.5 Å². The fourth-order valence-corrected chi connectivity index (χ4v) is 3.89. The van der Waals surface area contributed by atoms with Crippen LogP contribution in [-0.4, -0.2) is 44.1 Å². The van der Waals surface area contributed by atoms with E-state index in [1.54, 1.807) is 19.2 Å². The maximum atomic E-state index is 12.9. The lowest BCUT2D eigenvalue weighted by Gasteiger charge is -2.36. The molecule has 0 spiro atoms. The summed E-state index contributed by atoms with van der Waals surface area (Å²) in [4.78, 5) is 17.0. The Hall–Kier alpha value is -3.67. The second-order valence-corrected chi connectivity index (χ2v) is 7.61. The van der Waals surface area contributed by atoms with Crippen molar-refractivity contribution >= 4 is 11.6 Å². The average molecular weight is 433 g/mol. The number of rotatable bonds is 8. The van der Waals surface area contributed by atoms with E-state index in [1.807, 2.05) is 59.5 Å². The maximum Gasteiger partial charge on any atom is 0.289 e. The van der Waals surface area contributed by atoms with Crippen molar-refractivity contribution in [2.45, 2.75) is 13.0 Å². The first-order chi connectivity index (χ1) is 15.7. The molecule has 166 valence electrons. The van der Waals surface area contributed by atoms with Crippen molar-refractivity contribution in [2.75, 3.05) is 38.2 Å². The summed E-state index contributed by atoms with van der Waals surface area (Å²) in [5.74, 6) is 2.51. The molecule has 2 heterocycles. The normalized spacial score (nSPS) is 13.7. The van der Waals surface area contributed by atoms with Crippen molar-refractivity contribution in [2.24, 2.45) is 0 Å². The number of methoxy groups -OCH3 is 1. The summed E-state index contributed by atoms with van der Waals surface area (Å²) < 4.78 is 17.2. The molecule has 6 heteroatoms. The SMILES string of the molecule is C=CCc1ccccc1OCc1ccc(C(=O)N2CCN(c3ccccc3OC)CC2)o1. The number of carbonyl (C=O) groups excluding carboxylic acids is 1. The number of para-hydroxylation sites is 3. The number of ether oxygens (including phenoxy) is 2. The number of anilines is 1. The van der Waals surface area contributed by atoms with E-state index in [0.717, 1.165) is 42.3 Å². The van der Waals surface area contributed by atoms with Gasteiger partial charge in [0.25, 0.3) is 5.91 Å². The predicted octanol–water partition coefficient (Wildman–Crippen LogP) is 4.56. The number of allylic oxidation sites excluding steroid dienone is 1. The summed E-state index contributed by atoms with van der Waals surface area (Å²) >= 11 is 0. The first-order valence-electron chi connectivity index (χ1n) is 10.8. The smallest absolute Gasteiger partial charge is 0.289 e. The molecule has 32 heavy (non-hydrogen) atoms. The van der Waals surface area contributed by atoms with Crippen molar-refractivity contribution in [1.29, 1.82) is 0 Å². The van der Waals surface area contributed by atoms with Crippen LogP contribution in [0.15, 0.2) is 77.7 Å². The van der Waals surface area contributed by atoms with Crippen LogP contribution in [0.4, 0.5) is 5.69 Å². The van der Waals surface area contributed by atoms with Crippen LogP contribution < -0.4 is 14.4 Å². The number of hydrogen-bond donors (Lipinski definition) is 0. The zero-order chi connectivity index (χ0) is 22.3. The number of nitrogens with zero attached hydrogens (tertiary/aromatic N) is 2. The van der Waals surface area contributed by atoms with Crippen molar-refractivity contribution in [3.8, 4) is 11.5 Å². The van der Waals surface area contributed by atoms with Gasteiger partial charge in [-0.2, -0.15) is 0 Å². The molecule has 1 fully saturated rings. The first kappa shape index (κ1) is 21.6. The van der Waals surface area contributed by atoms with Gasteiger partial charge in [-0.25, -0.2) is 0 Å². The van der Waals surface area contributed by atoms with E-state index in [4.69, 9.17) is 13.9 Å². The minimum Gasteiger partial charge on any atom is -0.495 e. The third-order valence-electron chi connectivity index (χ3n) is 5.57. The highest BCUT2D eigenvalue weighted by atomic mass is 16.5. The summed E-state index contributed by atoms with van der Waals surface area (Å²) in [7, 11) is 1.68. The fourth-order valence-electron chi connectivity index (χ4n) is 3.89. The number of amides is 1. The number of benzene rings is 2. The number of carbonyl (C=O) groups is 1. The van der Waals surface area contributed by atoms with Crippen LogP contribution >= 0.6 is 0 Å². The van der Waals surface area contributed by atoms with Crippen molar-refractivity contribution in [3.05, 3.63) is 90.4 Å². The van der Waals surface area contributed by atoms with Gasteiger partial charge in [0.05, 0.1) is 12.8 Å². The monoisotopic (exact) mass is 432 g/mol. The molecule has 1 amide bonds. The number of piperazine rings is 1. The lowest BCUT2D eigenvalue weighted by Crippen LogP contribution is -2.48. The Morgan fingerprint density at radius 3 is 2.47 bits per heavy atom. The van der Waals surface area contributed by atoms with Gasteiger partial charge in [-0.15, -0.1) is 6.58 Å². The Bertz CT molecular complexity index is 1070. The van der Waals surface area contributed by atoms with Crippen molar-refractivity contribution in [3.63, 3.8) is 0 Å². The van der Waals surface area contributed by atoms with Crippen LogP contribution in [0, 0.1) is 0 Å². The van der Waals surface area contributed by atoms with Gasteiger partial charge in [0.1, 0.15) is 23.9 Å². The van der Waals surface area contributed by atoms with Gasteiger partial charge < -0.3 is 23.7 Å². The average Bonchev–Trinajstić information content (AvgIpc) is 3.32. The molecule has 6 nitrogen and oxygen atoms in total. The number of hydrogen-bond acceptors (Lipinski definition) is 5. The van der Waals surface area contributed by atoms with E-state index < -0.39 is 0 Å². The molecule has 1 aliphatic rings. The van der Waals surface area contributed by atoms with Gasteiger partial charge in [0.15, 0.2) is 5.76 Å². The first-order valence-corrected chi connectivity index (χ1v) is 10.8. The second-order valence-electron chi connectivity index (χ2n) is 7.61. The Balaban J connectivity index is 1.34. The molecule has 3 aromatic rings. The molecule has 0 N–H and O–H groups in total. The Kier molecular flexibility index (Phi) is 6.80. The molecule has 0 aliphatic carbocycles. The van der Waals surface area contributed by atoms with Gasteiger partial charge in [-0.3, -0.25) is 4.79 Å². The highest BCUT2D eigenvalue weighted by molar-refractivity contribution is 5.91. The van der Waals surface area contributed by atoms with Crippen LogP contribution in [0.2, 0.25) is 0 Å². The quantitative estimate of drug-likeness (QED) is 0.489. The fraction of sp³-hybridized carbons (Fsp3) is 0.269. The highest BCUT2D eigenvalue weighted by Crippen LogP contribution is 2.28. The van der Waals surface area contributed by atoms with Crippen LogP contribution in [0.1, 0.15) is 21.9 Å². The summed E-state index contributed by atoms with van der Waals surface area (Å²) in [5, 5.41) is 0. The summed E-state index contributed by atoms with van der Waals surface area (Å²) in [6, 6.07) is 19.3. The largest absolute Gasteiger partial charge is 0.495 e. The minimum absolute atomic E-state index is 0.0945. The van der Waals surface area contributed by atoms with Crippen molar-refractivity contribution in [1.82, 2.24) is 4.90 Å². The molecule has 0 bridgehead atoms. The molecule has 1 aromatic heterocycles. The maximum absolute atomic E-state index is 12.9. The van der Waals surface area contributed by atoms with E-state index in [-0.39, 0.29) is 12.5 Å². The van der Waals surface area contributed by atoms with Crippen LogP contribution in [0.5, 0.6) is 11.5 Å². The molecular formula is C26H28N2O4. The summed E-state index contributed by atoms with van der Waals surface area (Å²) in [5.41, 5.74) is 2.12. The van der Waals surface area contributed by atoms with Crippen molar-refractivity contribution < 1.29 is 18.7 Å². The molecule has 0 unspecified atom stereocenters. The zero-order valence-corrected chi connectivity index (χ0v) is 18.3. The molecule has 1 saturated heterocycles. The predicted molar refractivity (Wildman–Crippen MR) is 124 cm³/mol. The van der Waals surface area contributed by atoms with E-state index >= 15 is 0 Å². The summed E-state index contributed by atoms with van der Waals surface area (Å²) in [6.07, 6.45) is 2.58. The van der Waals surface area contributed by atoms with Gasteiger partial charge in [0.2, 0.25) is 0 Å². The third-order valence-corrected chi connectivity index (χ3v) is 5.57. The van der Waals surface area contributed by atoms with E-state index in [9.17, 15) is 4.79 Å². The van der Waals surface area contributed by atoms with E-state index in [0.29, 0.717) is 24.6 Å². The Labute approximate surface area is 188 Å². The second kappa shape index (κ2) is 10.1. The Morgan fingerprint density at radius 2 is 1.72 bits per heavy atom. The summed E-state index contributed by atoms with van der Waals surface area (Å²) in [6.45, 7) is 6.78. The van der Waals surface area contributed by atoms with E-state index in [1.165, 1.54) is 0 Å². The molecule has 0 saturated carbocycles. The van der Waals surface area contributed by atoms with Crippen LogP contribution in [0.3, 0.4) is 0 Å². The van der Waals surface area contributed by atoms with Crippen LogP contribution in [0.25, 0.3) is 0 Å². The minimum atomic E-state index is -0.0945.